The highest BCUT2D eigenvalue weighted by molar-refractivity contribution is 6.00. The molecule has 2 heterocycles. The minimum Gasteiger partial charge on any atom is -0.481 e. The molecular formula is C35H42N8O8. The standard InChI is InChI=1S/C35H42N8O8/c1-18(2)30-34(50)42-27(16-38-31(47)21-11-9-20(10-12-21)19(3)36)32(48)39-17-28(44)40-25(14-29(45)46)33(49)41-26(35(51)43(30)4)13-22-15-37-24-8-6-5-7-23(22)24/h5-12,15,18,25-27,30,36-37H,13-14,16-17H2,1-4H3,(H,38,47)(H,39,48)(H,40,44)(H,41,49)(H,42,50)(H,45,46)/t25-,26+,27-,30-/m0/s1. The first kappa shape index (κ1) is 37.8. The Bertz CT molecular complexity index is 1840. The van der Waals surface area contributed by atoms with Crippen LogP contribution >= 0.6 is 0 Å². The topological polar surface area (TPSA) is 243 Å². The van der Waals surface area contributed by atoms with E-state index in [4.69, 9.17) is 5.41 Å². The van der Waals surface area contributed by atoms with Crippen LogP contribution in [0.15, 0.2) is 54.7 Å². The van der Waals surface area contributed by atoms with Crippen molar-refractivity contribution in [3.05, 3.63) is 71.4 Å². The number of hydrogen-bond acceptors (Lipinski definition) is 8. The van der Waals surface area contributed by atoms with Crippen LogP contribution in [0.3, 0.4) is 0 Å². The fraction of sp³-hybridized carbons (Fsp3) is 0.371. The number of aromatic amines is 1. The number of nitrogens with zero attached hydrogens (tertiary/aromatic N) is 1. The smallest absolute Gasteiger partial charge is 0.305 e. The van der Waals surface area contributed by atoms with Crippen molar-refractivity contribution in [2.24, 2.45) is 5.92 Å². The minimum absolute atomic E-state index is 0.0475. The number of H-pyrrole nitrogens is 1. The number of amides is 6. The normalized spacial score (nSPS) is 20.8. The quantitative estimate of drug-likeness (QED) is 0.142. The Morgan fingerprint density at radius 2 is 1.55 bits per heavy atom. The van der Waals surface area contributed by atoms with Gasteiger partial charge in [0.25, 0.3) is 5.91 Å². The van der Waals surface area contributed by atoms with Crippen LogP contribution in [0.25, 0.3) is 10.9 Å². The van der Waals surface area contributed by atoms with Crippen LogP contribution in [0.4, 0.5) is 0 Å². The van der Waals surface area contributed by atoms with Gasteiger partial charge in [-0.2, -0.15) is 0 Å². The summed E-state index contributed by atoms with van der Waals surface area (Å²) in [5, 5.41) is 30.5. The van der Waals surface area contributed by atoms with Crippen LogP contribution in [0.1, 0.15) is 48.7 Å². The summed E-state index contributed by atoms with van der Waals surface area (Å²) in [6.07, 6.45) is 0.815. The number of para-hydroxylation sites is 1. The van der Waals surface area contributed by atoms with Gasteiger partial charge in [-0.05, 0) is 42.2 Å². The highest BCUT2D eigenvalue weighted by Gasteiger charge is 2.38. The van der Waals surface area contributed by atoms with Crippen molar-refractivity contribution < 1.29 is 38.7 Å². The molecule has 4 rings (SSSR count). The molecule has 0 spiro atoms. The van der Waals surface area contributed by atoms with Crippen molar-refractivity contribution in [2.45, 2.75) is 57.8 Å². The first-order valence-electron chi connectivity index (χ1n) is 16.3. The van der Waals surface area contributed by atoms with E-state index in [0.29, 0.717) is 16.8 Å². The molecule has 8 N–H and O–H groups in total. The number of benzene rings is 2. The zero-order valence-electron chi connectivity index (χ0n) is 28.7. The second-order valence-electron chi connectivity index (χ2n) is 12.7. The second-order valence-corrected chi connectivity index (χ2v) is 12.7. The maximum absolute atomic E-state index is 14.2. The first-order chi connectivity index (χ1) is 24.2. The van der Waals surface area contributed by atoms with E-state index in [1.807, 2.05) is 24.3 Å². The molecule has 2 aromatic carbocycles. The summed E-state index contributed by atoms with van der Waals surface area (Å²) in [4.78, 5) is 96.8. The summed E-state index contributed by atoms with van der Waals surface area (Å²) in [6.45, 7) is 3.88. The molecule has 0 bridgehead atoms. The monoisotopic (exact) mass is 702 g/mol. The van der Waals surface area contributed by atoms with E-state index in [1.165, 1.54) is 19.2 Å². The van der Waals surface area contributed by atoms with Gasteiger partial charge in [-0.25, -0.2) is 0 Å². The van der Waals surface area contributed by atoms with Gasteiger partial charge in [0.15, 0.2) is 0 Å². The zero-order chi connectivity index (χ0) is 37.4. The average molecular weight is 703 g/mol. The summed E-state index contributed by atoms with van der Waals surface area (Å²) in [7, 11) is 1.38. The first-order valence-corrected chi connectivity index (χ1v) is 16.3. The van der Waals surface area contributed by atoms with Crippen LogP contribution in [0.5, 0.6) is 0 Å². The molecule has 0 radical (unpaired) electrons. The third-order valence-electron chi connectivity index (χ3n) is 8.51. The van der Waals surface area contributed by atoms with Crippen molar-refractivity contribution >= 4 is 58.0 Å². The highest BCUT2D eigenvalue weighted by Crippen LogP contribution is 2.21. The van der Waals surface area contributed by atoms with E-state index in [-0.39, 0.29) is 12.0 Å². The number of aliphatic carboxylic acids is 1. The molecule has 270 valence electrons. The number of fused-ring (bicyclic) bond motifs is 1. The van der Waals surface area contributed by atoms with Gasteiger partial charge >= 0.3 is 5.97 Å². The molecule has 3 aromatic rings. The van der Waals surface area contributed by atoms with Crippen LogP contribution < -0.4 is 26.6 Å². The Balaban J connectivity index is 1.67. The third-order valence-corrected chi connectivity index (χ3v) is 8.51. The lowest BCUT2D eigenvalue weighted by molar-refractivity contribution is -0.144. The summed E-state index contributed by atoms with van der Waals surface area (Å²) in [5.41, 5.74) is 2.59. The molecule has 51 heavy (non-hydrogen) atoms. The number of carboxylic acids is 1. The molecule has 6 amide bonds. The molecule has 1 aliphatic rings. The third kappa shape index (κ3) is 9.55. The lowest BCUT2D eigenvalue weighted by Crippen LogP contribution is -2.60. The predicted molar refractivity (Wildman–Crippen MR) is 186 cm³/mol. The van der Waals surface area contributed by atoms with Gasteiger partial charge in [-0.15, -0.1) is 0 Å². The summed E-state index contributed by atoms with van der Waals surface area (Å²) in [6, 6.07) is 8.02. The van der Waals surface area contributed by atoms with Gasteiger partial charge in [-0.3, -0.25) is 33.6 Å². The number of rotatable bonds is 9. The average Bonchev–Trinajstić information content (AvgIpc) is 3.49. The molecule has 16 nitrogen and oxygen atoms in total. The SMILES string of the molecule is CC(=N)c1ccc(C(=O)NC[C@@H]2NC(=O)[C@H](C(C)C)N(C)C(=O)[C@@H](Cc3c[nH]c4ccccc34)NC(=O)[C@H](CC(=O)O)NC(=O)CNC2=O)cc1. The molecule has 1 aliphatic heterocycles. The van der Waals surface area contributed by atoms with Crippen LogP contribution in [-0.2, 0) is 35.2 Å². The van der Waals surface area contributed by atoms with Crippen LogP contribution in [0.2, 0.25) is 0 Å². The second kappa shape index (κ2) is 16.6. The number of aromatic nitrogens is 1. The van der Waals surface area contributed by atoms with Gasteiger partial charge < -0.3 is 47.0 Å². The van der Waals surface area contributed by atoms with Gasteiger partial charge in [0.1, 0.15) is 24.2 Å². The number of carbonyl (C=O) groups is 7. The van der Waals surface area contributed by atoms with Crippen LogP contribution in [-0.4, -0.2) is 106 Å². The maximum atomic E-state index is 14.2. The number of carbonyl (C=O) groups excluding carboxylic acids is 6. The minimum atomic E-state index is -1.61. The molecule has 16 heteroatoms. The van der Waals surface area contributed by atoms with Crippen molar-refractivity contribution in [1.82, 2.24) is 36.5 Å². The predicted octanol–water partition coefficient (Wildman–Crippen LogP) is 0.0701. The van der Waals surface area contributed by atoms with E-state index in [0.717, 1.165) is 15.8 Å². The van der Waals surface area contributed by atoms with E-state index in [2.05, 4.69) is 31.6 Å². The lowest BCUT2D eigenvalue weighted by atomic mass is 9.98. The Kier molecular flexibility index (Phi) is 12.3. The van der Waals surface area contributed by atoms with Crippen molar-refractivity contribution in [3.63, 3.8) is 0 Å². The Morgan fingerprint density at radius 1 is 0.902 bits per heavy atom. The van der Waals surface area contributed by atoms with Gasteiger partial charge in [-0.1, -0.05) is 44.2 Å². The largest absolute Gasteiger partial charge is 0.481 e. The Hall–Kier alpha value is -6.06. The summed E-state index contributed by atoms with van der Waals surface area (Å²) < 4.78 is 0. The van der Waals surface area contributed by atoms with E-state index in [1.54, 1.807) is 39.1 Å². The number of likely N-dealkylation sites (N-methyl/N-ethyl adjacent to an activating group) is 1. The maximum Gasteiger partial charge on any atom is 0.305 e. The zero-order valence-corrected chi connectivity index (χ0v) is 28.7. The van der Waals surface area contributed by atoms with Crippen LogP contribution in [0, 0.1) is 11.3 Å². The fourth-order valence-corrected chi connectivity index (χ4v) is 5.86. The highest BCUT2D eigenvalue weighted by atomic mass is 16.4. The Morgan fingerprint density at radius 3 is 2.20 bits per heavy atom. The van der Waals surface area contributed by atoms with E-state index in [9.17, 15) is 38.7 Å². The molecular weight excluding hydrogens is 660 g/mol. The Labute approximate surface area is 293 Å². The molecule has 0 saturated carbocycles. The molecule has 4 atom stereocenters. The molecule has 0 aliphatic carbocycles. The van der Waals surface area contributed by atoms with Crippen molar-refractivity contribution in [1.29, 1.82) is 5.41 Å². The summed E-state index contributed by atoms with van der Waals surface area (Å²) in [5.74, 6) is -6.62. The van der Waals surface area contributed by atoms with Gasteiger partial charge in [0, 0.05) is 48.4 Å². The molecule has 0 unspecified atom stereocenters. The van der Waals surface area contributed by atoms with Gasteiger partial charge in [0.2, 0.25) is 29.5 Å². The number of hydrogen-bond donors (Lipinski definition) is 8. The lowest BCUT2D eigenvalue weighted by Gasteiger charge is -2.34. The van der Waals surface area contributed by atoms with E-state index >= 15 is 0 Å². The molecule has 1 fully saturated rings. The van der Waals surface area contributed by atoms with Crippen molar-refractivity contribution in [2.75, 3.05) is 20.1 Å². The fourth-order valence-electron chi connectivity index (χ4n) is 5.86. The summed E-state index contributed by atoms with van der Waals surface area (Å²) >= 11 is 0. The number of carboxylic acid groups (broad SMARTS) is 1. The van der Waals surface area contributed by atoms with E-state index < -0.39 is 91.0 Å². The van der Waals surface area contributed by atoms with Gasteiger partial charge in [0.05, 0.1) is 13.0 Å². The van der Waals surface area contributed by atoms with Crippen molar-refractivity contribution in [3.8, 4) is 0 Å². The molecule has 1 saturated heterocycles. The molecule has 1 aromatic heterocycles. The number of nitrogens with one attached hydrogen (secondary N) is 7.